The van der Waals surface area contributed by atoms with Gasteiger partial charge in [-0.15, -0.1) is 0 Å². The molecule has 0 heterocycles. The van der Waals surface area contributed by atoms with E-state index >= 15 is 0 Å². The highest BCUT2D eigenvalue weighted by Gasteiger charge is 2.24. The van der Waals surface area contributed by atoms with Gasteiger partial charge in [-0.25, -0.2) is 0 Å². The summed E-state index contributed by atoms with van der Waals surface area (Å²) in [5.41, 5.74) is 0. The van der Waals surface area contributed by atoms with E-state index in [1.165, 1.54) is 31.8 Å². The third kappa shape index (κ3) is 20.7. The molecule has 2 atom stereocenters. The lowest BCUT2D eigenvalue weighted by Crippen LogP contribution is -2.46. The first kappa shape index (κ1) is 30.8. The van der Waals surface area contributed by atoms with Crippen molar-refractivity contribution >= 4 is 16.0 Å². The van der Waals surface area contributed by atoms with E-state index in [0.29, 0.717) is 0 Å². The standard InChI is InChI=1S/C25H47NO5S/c1-3-5-7-9-11-12-13-15-17-19-21-25(28)26-23(22-32(29,30)31)24(27)20-18-16-14-10-8-6-4-2/h7,9,18,20,23-24,27H,3-6,8,10-17,19,21-22H2,1-2H3,(H,26,28)(H,29,30,31)/b9-7-,20-18+. The summed E-state index contributed by atoms with van der Waals surface area (Å²) in [6, 6.07) is -1.05. The molecule has 0 aromatic rings. The van der Waals surface area contributed by atoms with Gasteiger partial charge in [-0.1, -0.05) is 89.5 Å². The fourth-order valence-corrected chi connectivity index (χ4v) is 4.18. The normalized spacial score (nSPS) is 14.2. The molecule has 0 saturated carbocycles. The van der Waals surface area contributed by atoms with Crippen LogP contribution in [0.5, 0.6) is 0 Å². The molecule has 0 saturated heterocycles. The van der Waals surface area contributed by atoms with Crippen LogP contribution in [0.2, 0.25) is 0 Å². The first-order chi connectivity index (χ1) is 15.3. The van der Waals surface area contributed by atoms with Crippen LogP contribution in [0, 0.1) is 0 Å². The number of amides is 1. The molecule has 0 aliphatic heterocycles. The van der Waals surface area contributed by atoms with Gasteiger partial charge < -0.3 is 10.4 Å². The molecule has 6 nitrogen and oxygen atoms in total. The van der Waals surface area contributed by atoms with Crippen molar-refractivity contribution in [1.29, 1.82) is 0 Å². The largest absolute Gasteiger partial charge is 0.387 e. The first-order valence-corrected chi connectivity index (χ1v) is 14.1. The Kier molecular flexibility index (Phi) is 19.7. The van der Waals surface area contributed by atoms with Gasteiger partial charge in [-0.05, 0) is 38.5 Å². The molecule has 188 valence electrons. The van der Waals surface area contributed by atoms with E-state index < -0.39 is 28.0 Å². The molecule has 1 amide bonds. The summed E-state index contributed by atoms with van der Waals surface area (Å²) in [5, 5.41) is 12.9. The highest BCUT2D eigenvalue weighted by molar-refractivity contribution is 7.85. The second-order valence-electron chi connectivity index (χ2n) is 8.61. The van der Waals surface area contributed by atoms with Crippen LogP contribution in [0.15, 0.2) is 24.3 Å². The van der Waals surface area contributed by atoms with Crippen molar-refractivity contribution in [2.45, 2.75) is 122 Å². The van der Waals surface area contributed by atoms with Crippen LogP contribution in [0.25, 0.3) is 0 Å². The second-order valence-corrected chi connectivity index (χ2v) is 10.1. The summed E-state index contributed by atoms with van der Waals surface area (Å²) in [7, 11) is -4.32. The summed E-state index contributed by atoms with van der Waals surface area (Å²) in [5.74, 6) is -1.00. The van der Waals surface area contributed by atoms with Crippen molar-refractivity contribution in [2.24, 2.45) is 0 Å². The molecule has 2 unspecified atom stereocenters. The van der Waals surface area contributed by atoms with Crippen LogP contribution in [0.1, 0.15) is 110 Å². The van der Waals surface area contributed by atoms with Crippen molar-refractivity contribution in [3.63, 3.8) is 0 Å². The number of allylic oxidation sites excluding steroid dienone is 3. The summed E-state index contributed by atoms with van der Waals surface area (Å²) in [6.07, 6.45) is 21.8. The summed E-state index contributed by atoms with van der Waals surface area (Å²) in [6.45, 7) is 4.33. The zero-order chi connectivity index (χ0) is 24.1. The number of aliphatic hydroxyl groups is 1. The van der Waals surface area contributed by atoms with Gasteiger partial charge in [0.1, 0.15) is 0 Å². The summed E-state index contributed by atoms with van der Waals surface area (Å²) in [4.78, 5) is 12.2. The summed E-state index contributed by atoms with van der Waals surface area (Å²) < 4.78 is 31.8. The van der Waals surface area contributed by atoms with E-state index in [0.717, 1.165) is 64.2 Å². The van der Waals surface area contributed by atoms with E-state index in [1.54, 1.807) is 0 Å². The highest BCUT2D eigenvalue weighted by atomic mass is 32.2. The first-order valence-electron chi connectivity index (χ1n) is 12.5. The molecule has 0 rings (SSSR count). The third-order valence-electron chi connectivity index (χ3n) is 5.35. The average Bonchev–Trinajstić information content (AvgIpc) is 2.72. The number of carbonyl (C=O) groups excluding carboxylic acids is 1. The Balaban J connectivity index is 4.24. The van der Waals surface area contributed by atoms with Crippen LogP contribution < -0.4 is 5.32 Å². The van der Waals surface area contributed by atoms with E-state index in [1.807, 2.05) is 6.08 Å². The smallest absolute Gasteiger partial charge is 0.267 e. The zero-order valence-corrected chi connectivity index (χ0v) is 21.1. The Labute approximate surface area is 196 Å². The van der Waals surface area contributed by atoms with Gasteiger partial charge in [-0.2, -0.15) is 8.42 Å². The molecule has 0 radical (unpaired) electrons. The Morgan fingerprint density at radius 1 is 0.812 bits per heavy atom. The van der Waals surface area contributed by atoms with Crippen LogP contribution in [-0.2, 0) is 14.9 Å². The number of hydrogen-bond donors (Lipinski definition) is 3. The van der Waals surface area contributed by atoms with Gasteiger partial charge in [0.05, 0.1) is 17.9 Å². The van der Waals surface area contributed by atoms with E-state index in [2.05, 4.69) is 31.3 Å². The molecule has 0 aliphatic carbocycles. The molecule has 0 spiro atoms. The Hall–Kier alpha value is -1.18. The second kappa shape index (κ2) is 20.4. The predicted octanol–water partition coefficient (Wildman–Crippen LogP) is 5.72. The fraction of sp³-hybridized carbons (Fsp3) is 0.800. The van der Waals surface area contributed by atoms with Crippen molar-refractivity contribution in [1.82, 2.24) is 5.32 Å². The Bertz CT molecular complexity index is 616. The van der Waals surface area contributed by atoms with E-state index in [4.69, 9.17) is 0 Å². The molecule has 32 heavy (non-hydrogen) atoms. The lowest BCUT2D eigenvalue weighted by molar-refractivity contribution is -0.122. The third-order valence-corrected chi connectivity index (χ3v) is 6.13. The quantitative estimate of drug-likeness (QED) is 0.112. The minimum absolute atomic E-state index is 0.284. The number of unbranched alkanes of at least 4 members (excludes halogenated alkanes) is 11. The Morgan fingerprint density at radius 3 is 2.00 bits per heavy atom. The molecule has 3 N–H and O–H groups in total. The number of aliphatic hydroxyl groups excluding tert-OH is 1. The molecule has 0 aromatic carbocycles. The van der Waals surface area contributed by atoms with E-state index in [9.17, 15) is 22.9 Å². The molecule has 0 aromatic heterocycles. The number of carbonyl (C=O) groups is 1. The lowest BCUT2D eigenvalue weighted by Gasteiger charge is -2.21. The van der Waals surface area contributed by atoms with Crippen molar-refractivity contribution in [3.05, 3.63) is 24.3 Å². The zero-order valence-electron chi connectivity index (χ0n) is 20.3. The maximum atomic E-state index is 12.2. The number of rotatable bonds is 21. The minimum Gasteiger partial charge on any atom is -0.387 e. The molecular formula is C25H47NO5S. The van der Waals surface area contributed by atoms with Crippen LogP contribution in [0.4, 0.5) is 0 Å². The monoisotopic (exact) mass is 473 g/mol. The topological polar surface area (TPSA) is 104 Å². The van der Waals surface area contributed by atoms with Crippen molar-refractivity contribution in [2.75, 3.05) is 5.75 Å². The van der Waals surface area contributed by atoms with Gasteiger partial charge in [0.15, 0.2) is 0 Å². The summed E-state index contributed by atoms with van der Waals surface area (Å²) >= 11 is 0. The van der Waals surface area contributed by atoms with Gasteiger partial charge in [0.2, 0.25) is 5.91 Å². The van der Waals surface area contributed by atoms with E-state index in [-0.39, 0.29) is 12.3 Å². The van der Waals surface area contributed by atoms with Gasteiger partial charge in [-0.3, -0.25) is 9.35 Å². The average molecular weight is 474 g/mol. The maximum absolute atomic E-state index is 12.2. The molecule has 0 fully saturated rings. The van der Waals surface area contributed by atoms with Crippen molar-refractivity contribution in [3.8, 4) is 0 Å². The molecule has 0 bridgehead atoms. The molecular weight excluding hydrogens is 426 g/mol. The van der Waals surface area contributed by atoms with Crippen LogP contribution in [-0.4, -0.2) is 41.9 Å². The number of hydrogen-bond acceptors (Lipinski definition) is 4. The molecule has 7 heteroatoms. The van der Waals surface area contributed by atoms with Gasteiger partial charge in [0, 0.05) is 6.42 Å². The SMILES string of the molecule is CCC/C=C\CCCCCCCC(=O)NC(CS(=O)(=O)O)C(O)/C=C/CCCCCCC. The maximum Gasteiger partial charge on any atom is 0.267 e. The van der Waals surface area contributed by atoms with Crippen molar-refractivity contribution < 1.29 is 22.9 Å². The highest BCUT2D eigenvalue weighted by Crippen LogP contribution is 2.10. The molecule has 0 aliphatic rings. The Morgan fingerprint density at radius 2 is 1.38 bits per heavy atom. The van der Waals surface area contributed by atoms with Gasteiger partial charge in [0.25, 0.3) is 10.1 Å². The predicted molar refractivity (Wildman–Crippen MR) is 133 cm³/mol. The number of nitrogens with one attached hydrogen (secondary N) is 1. The van der Waals surface area contributed by atoms with Crippen LogP contribution >= 0.6 is 0 Å². The fourth-order valence-electron chi connectivity index (χ4n) is 3.45. The minimum atomic E-state index is -4.32. The van der Waals surface area contributed by atoms with Crippen LogP contribution in [0.3, 0.4) is 0 Å². The van der Waals surface area contributed by atoms with Gasteiger partial charge >= 0.3 is 0 Å². The lowest BCUT2D eigenvalue weighted by atomic mass is 10.1.